The zero-order chi connectivity index (χ0) is 18.8. The molecule has 0 radical (unpaired) electrons. The molecule has 4 rings (SSSR count). The van der Waals surface area contributed by atoms with Crippen molar-refractivity contribution in [2.24, 2.45) is 4.99 Å². The van der Waals surface area contributed by atoms with Crippen LogP contribution in [-0.4, -0.2) is 27.9 Å². The van der Waals surface area contributed by atoms with E-state index < -0.39 is 7.12 Å². The first-order chi connectivity index (χ1) is 13.2. The van der Waals surface area contributed by atoms with Crippen LogP contribution >= 0.6 is 0 Å². The molecular weight excluding hydrogens is 335 g/mol. The Morgan fingerprint density at radius 2 is 1.81 bits per heavy atom. The van der Waals surface area contributed by atoms with Gasteiger partial charge in [0.1, 0.15) is 0 Å². The quantitative estimate of drug-likeness (QED) is 0.825. The van der Waals surface area contributed by atoms with Crippen molar-refractivity contribution in [3.63, 3.8) is 0 Å². The third-order valence-corrected chi connectivity index (χ3v) is 5.18. The van der Waals surface area contributed by atoms with Gasteiger partial charge in [0.15, 0.2) is 0 Å². The number of allylic oxidation sites excluding steroid dienone is 1. The van der Waals surface area contributed by atoms with Crippen LogP contribution in [0.25, 0.3) is 22.8 Å². The summed E-state index contributed by atoms with van der Waals surface area (Å²) in [6.07, 6.45) is 8.88. The second-order valence-electron chi connectivity index (χ2n) is 6.75. The molecule has 1 aliphatic heterocycles. The zero-order valence-electron chi connectivity index (χ0n) is 15.1. The predicted octanol–water partition coefficient (Wildman–Crippen LogP) is 2.11. The second-order valence-corrected chi connectivity index (χ2v) is 6.75. The summed E-state index contributed by atoms with van der Waals surface area (Å²) in [7, 11) is -1.42. The third kappa shape index (κ3) is 3.32. The van der Waals surface area contributed by atoms with Crippen LogP contribution in [-0.2, 0) is 0 Å². The number of aliphatic imine (C=N–C) groups is 1. The van der Waals surface area contributed by atoms with E-state index in [0.717, 1.165) is 52.4 Å². The molecule has 2 N–H and O–H groups in total. The van der Waals surface area contributed by atoms with Crippen molar-refractivity contribution in [2.45, 2.75) is 25.7 Å². The molecule has 0 saturated carbocycles. The predicted molar refractivity (Wildman–Crippen MR) is 111 cm³/mol. The Morgan fingerprint density at radius 3 is 2.59 bits per heavy atom. The maximum absolute atomic E-state index is 9.72. The highest BCUT2D eigenvalue weighted by Gasteiger charge is 2.23. The van der Waals surface area contributed by atoms with Gasteiger partial charge in [-0.1, -0.05) is 49.1 Å². The Bertz CT molecular complexity index is 1080. The van der Waals surface area contributed by atoms with Crippen molar-refractivity contribution in [1.82, 2.24) is 4.98 Å². The Hall–Kier alpha value is -2.76. The van der Waals surface area contributed by atoms with Crippen LogP contribution < -0.4 is 10.4 Å². The number of nitrogens with zero attached hydrogens (tertiary/aromatic N) is 2. The van der Waals surface area contributed by atoms with Crippen molar-refractivity contribution in [3.05, 3.63) is 76.9 Å². The monoisotopic (exact) mass is 356 g/mol. The average Bonchev–Trinajstić information content (AvgIpc) is 2.72. The van der Waals surface area contributed by atoms with E-state index in [-0.39, 0.29) is 0 Å². The summed E-state index contributed by atoms with van der Waals surface area (Å²) < 4.78 is 0. The van der Waals surface area contributed by atoms with Gasteiger partial charge >= 0.3 is 7.12 Å². The Kier molecular flexibility index (Phi) is 4.88. The number of benzene rings is 1. The molecule has 1 aromatic heterocycles. The van der Waals surface area contributed by atoms with Gasteiger partial charge in [-0.15, -0.1) is 0 Å². The first-order valence-corrected chi connectivity index (χ1v) is 9.22. The molecule has 0 spiro atoms. The van der Waals surface area contributed by atoms with E-state index in [2.05, 4.69) is 17.6 Å². The minimum atomic E-state index is -1.42. The van der Waals surface area contributed by atoms with Crippen molar-refractivity contribution >= 4 is 35.6 Å². The topological polar surface area (TPSA) is 65.7 Å². The molecule has 0 bridgehead atoms. The van der Waals surface area contributed by atoms with Crippen LogP contribution in [0.2, 0.25) is 0 Å². The summed E-state index contributed by atoms with van der Waals surface area (Å²) in [6.45, 7) is 3.88. The molecule has 5 heteroatoms. The SMILES string of the molecule is C=Cc1cccnc1C1=CCCC(C2=c3ccccc3=C(B(O)O)CC2)=N1. The fourth-order valence-corrected chi connectivity index (χ4v) is 3.88. The minimum absolute atomic E-state index is 0.629. The molecule has 134 valence electrons. The number of hydrogen-bond acceptors (Lipinski definition) is 4. The Morgan fingerprint density at radius 1 is 1.00 bits per heavy atom. The van der Waals surface area contributed by atoms with Gasteiger partial charge in [-0.2, -0.15) is 0 Å². The highest BCUT2D eigenvalue weighted by molar-refractivity contribution is 6.63. The summed E-state index contributed by atoms with van der Waals surface area (Å²) >= 11 is 0. The van der Waals surface area contributed by atoms with Crippen molar-refractivity contribution in [1.29, 1.82) is 0 Å². The highest BCUT2D eigenvalue weighted by Crippen LogP contribution is 2.28. The lowest BCUT2D eigenvalue weighted by Crippen LogP contribution is -2.38. The number of pyridine rings is 1. The van der Waals surface area contributed by atoms with E-state index in [1.165, 1.54) is 5.57 Å². The van der Waals surface area contributed by atoms with E-state index in [9.17, 15) is 10.0 Å². The summed E-state index contributed by atoms with van der Waals surface area (Å²) in [6, 6.07) is 11.8. The number of hydrogen-bond donors (Lipinski definition) is 2. The molecule has 1 aliphatic carbocycles. The van der Waals surface area contributed by atoms with Gasteiger partial charge < -0.3 is 10.0 Å². The lowest BCUT2D eigenvalue weighted by atomic mass is 9.71. The summed E-state index contributed by atoms with van der Waals surface area (Å²) in [5.74, 6) is 0. The van der Waals surface area contributed by atoms with Crippen LogP contribution in [0.4, 0.5) is 0 Å². The van der Waals surface area contributed by atoms with E-state index >= 15 is 0 Å². The first-order valence-electron chi connectivity index (χ1n) is 9.22. The summed E-state index contributed by atoms with van der Waals surface area (Å²) in [5, 5.41) is 21.4. The second kappa shape index (κ2) is 7.47. The van der Waals surface area contributed by atoms with E-state index in [1.54, 1.807) is 12.3 Å². The van der Waals surface area contributed by atoms with Gasteiger partial charge in [0.2, 0.25) is 0 Å². The lowest BCUT2D eigenvalue weighted by Gasteiger charge is -2.20. The molecule has 2 aliphatic rings. The first kappa shape index (κ1) is 17.6. The fourth-order valence-electron chi connectivity index (χ4n) is 3.88. The van der Waals surface area contributed by atoms with Gasteiger partial charge in [0, 0.05) is 17.5 Å². The molecule has 0 amide bonds. The van der Waals surface area contributed by atoms with Crippen molar-refractivity contribution in [3.8, 4) is 0 Å². The molecule has 0 atom stereocenters. The lowest BCUT2D eigenvalue weighted by molar-refractivity contribution is 0.424. The smallest absolute Gasteiger partial charge is 0.423 e. The van der Waals surface area contributed by atoms with Crippen LogP contribution in [0, 0.1) is 0 Å². The third-order valence-electron chi connectivity index (χ3n) is 5.18. The maximum atomic E-state index is 9.72. The largest absolute Gasteiger partial charge is 0.484 e. The Labute approximate surface area is 158 Å². The standard InChI is InChI=1S/C22H21BN2O2/c1-2-15-7-6-14-24-22(15)21-11-5-10-20(25-21)18-12-13-19(23(26)27)17-9-4-3-8-16(17)18/h2-4,6-9,11,14,26-27H,1,5,10,12-13H2. The summed E-state index contributed by atoms with van der Waals surface area (Å²) in [4.78, 5) is 9.46. The molecule has 0 saturated heterocycles. The van der Waals surface area contributed by atoms with Gasteiger partial charge in [-0.3, -0.25) is 9.98 Å². The van der Waals surface area contributed by atoms with E-state index in [1.807, 2.05) is 36.4 Å². The number of rotatable bonds is 4. The molecule has 0 fully saturated rings. The summed E-state index contributed by atoms with van der Waals surface area (Å²) in [5.41, 5.74) is 5.65. The normalized spacial score (nSPS) is 16.4. The fraction of sp³-hybridized carbons (Fsp3) is 0.182. The molecule has 27 heavy (non-hydrogen) atoms. The van der Waals surface area contributed by atoms with Crippen molar-refractivity contribution in [2.75, 3.05) is 0 Å². The molecule has 2 aromatic rings. The molecule has 2 heterocycles. The molecule has 0 unspecified atom stereocenters. The highest BCUT2D eigenvalue weighted by atomic mass is 16.4. The Balaban J connectivity index is 1.87. The van der Waals surface area contributed by atoms with E-state index in [0.29, 0.717) is 11.9 Å². The van der Waals surface area contributed by atoms with Crippen LogP contribution in [0.3, 0.4) is 0 Å². The van der Waals surface area contributed by atoms with Crippen molar-refractivity contribution < 1.29 is 10.0 Å². The molecular formula is C22H21BN2O2. The number of fused-ring (bicyclic) bond motifs is 1. The van der Waals surface area contributed by atoms with Crippen LogP contribution in [0.1, 0.15) is 36.9 Å². The molecule has 1 aromatic carbocycles. The van der Waals surface area contributed by atoms with Gasteiger partial charge in [-0.05, 0) is 53.2 Å². The van der Waals surface area contributed by atoms with Gasteiger partial charge in [-0.25, -0.2) is 0 Å². The minimum Gasteiger partial charge on any atom is -0.423 e. The maximum Gasteiger partial charge on any atom is 0.484 e. The van der Waals surface area contributed by atoms with Crippen LogP contribution in [0.15, 0.2) is 60.2 Å². The van der Waals surface area contributed by atoms with Gasteiger partial charge in [0.25, 0.3) is 0 Å². The van der Waals surface area contributed by atoms with E-state index in [4.69, 9.17) is 4.99 Å². The number of aromatic nitrogens is 1. The molecule has 4 nitrogen and oxygen atoms in total. The zero-order valence-corrected chi connectivity index (χ0v) is 15.1. The average molecular weight is 356 g/mol. The van der Waals surface area contributed by atoms with Gasteiger partial charge in [0.05, 0.1) is 11.4 Å². The van der Waals surface area contributed by atoms with Crippen LogP contribution in [0.5, 0.6) is 0 Å².